The molecule has 250 valence electrons. The maximum atomic E-state index is 12.8. The number of aliphatic imine (C=N–C) groups is 1. The van der Waals surface area contributed by atoms with Gasteiger partial charge in [0.1, 0.15) is 17.7 Å². The molecule has 1 aromatic carbocycles. The Bertz CT molecular complexity index is 1570. The molecule has 0 spiro atoms. The lowest BCUT2D eigenvalue weighted by molar-refractivity contribution is -0.743. The number of morpholine rings is 1. The normalized spacial score (nSPS) is 20.1. The Morgan fingerprint density at radius 2 is 1.79 bits per heavy atom. The molecule has 17 heteroatoms. The van der Waals surface area contributed by atoms with Crippen molar-refractivity contribution in [3.05, 3.63) is 78.0 Å². The molecular weight excluding hydrogens is 636 g/mol. The molecule has 4 aliphatic heterocycles. The Balaban J connectivity index is 1.09. The molecule has 47 heavy (non-hydrogen) atoms. The Morgan fingerprint density at radius 3 is 2.47 bits per heavy atom. The number of halogens is 6. The minimum atomic E-state index is -5.61. The van der Waals surface area contributed by atoms with Gasteiger partial charge in [-0.05, 0) is 29.8 Å². The number of alkyl halides is 6. The number of rotatable bonds is 8. The van der Waals surface area contributed by atoms with Crippen LogP contribution in [-0.2, 0) is 20.7 Å². The lowest BCUT2D eigenvalue weighted by atomic mass is 10.1. The zero-order valence-electron chi connectivity index (χ0n) is 24.7. The number of amides is 2. The number of hydrogen-bond acceptors (Lipinski definition) is 8. The minimum absolute atomic E-state index is 0.103. The van der Waals surface area contributed by atoms with E-state index >= 15 is 0 Å². The first-order valence-corrected chi connectivity index (χ1v) is 14.7. The zero-order chi connectivity index (χ0) is 33.3. The van der Waals surface area contributed by atoms with E-state index in [4.69, 9.17) is 4.74 Å². The van der Waals surface area contributed by atoms with E-state index in [0.717, 1.165) is 16.4 Å². The van der Waals surface area contributed by atoms with Gasteiger partial charge in [-0.25, -0.2) is 9.88 Å². The number of nitrogens with one attached hydrogen (secondary N) is 2. The van der Waals surface area contributed by atoms with Gasteiger partial charge < -0.3 is 24.6 Å². The van der Waals surface area contributed by atoms with Crippen LogP contribution in [0, 0.1) is 0 Å². The standard InChI is InChI=1S/C30H29F6N7O4/c31-29(32,33)28(30(34,35)36)47-22-15-42(16-22)25(44)13-19-2-1-3-21(12-19)43-17-23(26-37-6-7-41(26)18-43)39-24-5-4-20(14-38-24)27(45)40-8-10-46-11-9-40/h1-7,12,14,17,22,28H,8-11,13,15-16,18H2,(H,38,39)/p+1. The highest BCUT2D eigenvalue weighted by Gasteiger charge is 2.59. The molecule has 11 nitrogen and oxygen atoms in total. The fourth-order valence-electron chi connectivity index (χ4n) is 5.51. The van der Waals surface area contributed by atoms with E-state index < -0.39 is 30.5 Å². The summed E-state index contributed by atoms with van der Waals surface area (Å²) in [6.45, 7) is 1.77. The third-order valence-electron chi connectivity index (χ3n) is 7.96. The van der Waals surface area contributed by atoms with Crippen LogP contribution in [0.15, 0.2) is 71.9 Å². The first-order valence-electron chi connectivity index (χ1n) is 14.7. The van der Waals surface area contributed by atoms with Gasteiger partial charge in [-0.15, -0.1) is 0 Å². The van der Waals surface area contributed by atoms with Crippen molar-refractivity contribution < 1.29 is 50.3 Å². The number of carbonyl (C=O) groups excluding carboxylic acids is 2. The van der Waals surface area contributed by atoms with Gasteiger partial charge in [0.05, 0.1) is 37.5 Å². The number of hydrogen-bond donors (Lipinski definition) is 2. The van der Waals surface area contributed by atoms with Crippen molar-refractivity contribution in [1.29, 1.82) is 0 Å². The predicted molar refractivity (Wildman–Crippen MR) is 155 cm³/mol. The number of anilines is 2. The summed E-state index contributed by atoms with van der Waals surface area (Å²) in [5.74, 6) is 0.667. The molecule has 1 atom stereocenters. The summed E-state index contributed by atoms with van der Waals surface area (Å²) in [6.07, 6.45) is -9.66. The van der Waals surface area contributed by atoms with E-state index in [-0.39, 0.29) is 25.4 Å². The van der Waals surface area contributed by atoms with Crippen LogP contribution in [-0.4, -0.2) is 103 Å². The van der Waals surface area contributed by atoms with Gasteiger partial charge in [-0.3, -0.25) is 14.5 Å². The molecule has 2 fully saturated rings. The number of carbonyl (C=O) groups is 2. The highest BCUT2D eigenvalue weighted by atomic mass is 19.4. The first-order chi connectivity index (χ1) is 22.3. The molecule has 2 amide bonds. The Labute approximate surface area is 264 Å². The molecule has 1 aromatic heterocycles. The second-order valence-electron chi connectivity index (χ2n) is 11.3. The highest BCUT2D eigenvalue weighted by Crippen LogP contribution is 2.37. The third-order valence-corrected chi connectivity index (χ3v) is 7.96. The molecule has 2 saturated heterocycles. The molecule has 0 bridgehead atoms. The number of pyridine rings is 1. The van der Waals surface area contributed by atoms with Crippen molar-refractivity contribution in [3.63, 3.8) is 0 Å². The van der Waals surface area contributed by atoms with Crippen molar-refractivity contribution in [3.8, 4) is 0 Å². The third kappa shape index (κ3) is 7.41. The average molecular weight is 667 g/mol. The first kappa shape index (κ1) is 32.5. The smallest absolute Gasteiger partial charge is 0.378 e. The molecule has 2 N–H and O–H groups in total. The lowest BCUT2D eigenvalue weighted by Gasteiger charge is -2.41. The Morgan fingerprint density at radius 1 is 1.04 bits per heavy atom. The molecule has 5 heterocycles. The summed E-state index contributed by atoms with van der Waals surface area (Å²) in [7, 11) is 0. The summed E-state index contributed by atoms with van der Waals surface area (Å²) < 4.78 is 86.4. The number of fused-ring (bicyclic) bond motifs is 1. The molecular formula is C30H30F6N7O4+. The fraction of sp³-hybridized carbons (Fsp3) is 0.400. The van der Waals surface area contributed by atoms with Gasteiger partial charge >= 0.3 is 12.4 Å². The van der Waals surface area contributed by atoms with Gasteiger partial charge in [0.2, 0.25) is 12.0 Å². The van der Waals surface area contributed by atoms with E-state index in [1.54, 1.807) is 41.4 Å². The van der Waals surface area contributed by atoms with Crippen LogP contribution < -0.4 is 15.1 Å². The summed E-state index contributed by atoms with van der Waals surface area (Å²) >= 11 is 0. The van der Waals surface area contributed by atoms with Gasteiger partial charge in [-0.2, -0.15) is 31.3 Å². The number of ether oxygens (including phenoxy) is 2. The molecule has 0 saturated carbocycles. The number of benzene rings is 1. The van der Waals surface area contributed by atoms with Gasteiger partial charge in [0.25, 0.3) is 11.7 Å². The molecule has 1 unspecified atom stereocenters. The average Bonchev–Trinajstić information content (AvgIpc) is 3.49. The molecule has 4 aliphatic rings. The van der Waals surface area contributed by atoms with E-state index in [1.165, 1.54) is 11.1 Å². The van der Waals surface area contributed by atoms with E-state index in [9.17, 15) is 35.9 Å². The van der Waals surface area contributed by atoms with Gasteiger partial charge in [0, 0.05) is 44.3 Å². The quantitative estimate of drug-likeness (QED) is 0.417. The van der Waals surface area contributed by atoms with E-state index in [0.29, 0.717) is 55.6 Å². The van der Waals surface area contributed by atoms with Crippen LogP contribution in [0.1, 0.15) is 15.9 Å². The summed E-state index contributed by atoms with van der Waals surface area (Å²) in [6, 6.07) is 10.5. The maximum Gasteiger partial charge on any atom is 0.423 e. The van der Waals surface area contributed by atoms with E-state index in [2.05, 4.69) is 20.0 Å². The second kappa shape index (κ2) is 13.0. The highest BCUT2D eigenvalue weighted by molar-refractivity contribution is 5.97. The van der Waals surface area contributed by atoms with Crippen LogP contribution in [0.3, 0.4) is 0 Å². The van der Waals surface area contributed by atoms with Crippen molar-refractivity contribution in [2.24, 2.45) is 4.99 Å². The van der Waals surface area contributed by atoms with Gasteiger partial charge in [0.15, 0.2) is 6.67 Å². The zero-order valence-corrected chi connectivity index (χ0v) is 24.7. The Hall–Kier alpha value is -4.48. The van der Waals surface area contributed by atoms with Crippen LogP contribution in [0.2, 0.25) is 0 Å². The molecule has 0 radical (unpaired) electrons. The maximum absolute atomic E-state index is 12.8. The number of amidine groups is 1. The summed E-state index contributed by atoms with van der Waals surface area (Å²) in [5.41, 5.74) is 2.46. The van der Waals surface area contributed by atoms with Crippen LogP contribution in [0.5, 0.6) is 0 Å². The van der Waals surface area contributed by atoms with Gasteiger partial charge in [-0.1, -0.05) is 12.1 Å². The molecule has 6 rings (SSSR count). The van der Waals surface area contributed by atoms with Crippen molar-refractivity contribution in [2.75, 3.05) is 56.3 Å². The van der Waals surface area contributed by atoms with Crippen molar-refractivity contribution >= 4 is 29.2 Å². The summed E-state index contributed by atoms with van der Waals surface area (Å²) in [4.78, 5) is 40.2. The molecule has 0 aliphatic carbocycles. The Kier molecular flexibility index (Phi) is 8.95. The van der Waals surface area contributed by atoms with Crippen molar-refractivity contribution in [1.82, 2.24) is 14.8 Å². The SMILES string of the molecule is O=C(Cc1cccc(N2C=C(Nc3ccc(C(=O)N4CCOCC4)cn3)C3=NC=C[NH+]3C2)c1)N1CC(OC(C(F)(F)F)C(F)(F)F)C1. The number of likely N-dealkylation sites (tertiary alicyclic amines) is 1. The van der Waals surface area contributed by atoms with Crippen LogP contribution in [0.25, 0.3) is 0 Å². The number of quaternary nitrogens is 1. The fourth-order valence-corrected chi connectivity index (χ4v) is 5.51. The number of nitrogens with zero attached hydrogens (tertiary/aromatic N) is 5. The minimum Gasteiger partial charge on any atom is -0.378 e. The topological polar surface area (TPSA) is 104 Å². The second-order valence-corrected chi connectivity index (χ2v) is 11.3. The van der Waals surface area contributed by atoms with E-state index in [1.807, 2.05) is 23.4 Å². The largest absolute Gasteiger partial charge is 0.423 e. The monoisotopic (exact) mass is 666 g/mol. The predicted octanol–water partition coefficient (Wildman–Crippen LogP) is 2.32. The number of aromatic nitrogens is 1. The van der Waals surface area contributed by atoms with Crippen LogP contribution >= 0.6 is 0 Å². The molecule has 2 aromatic rings. The summed E-state index contributed by atoms with van der Waals surface area (Å²) in [5, 5.41) is 3.27. The van der Waals surface area contributed by atoms with Crippen molar-refractivity contribution in [2.45, 2.75) is 31.0 Å². The van der Waals surface area contributed by atoms with Crippen LogP contribution in [0.4, 0.5) is 37.8 Å². The lowest BCUT2D eigenvalue weighted by Crippen LogP contribution is -3.12.